The van der Waals surface area contributed by atoms with Crippen molar-refractivity contribution in [3.63, 3.8) is 0 Å². The average Bonchev–Trinajstić information content (AvgIpc) is 2.66. The highest BCUT2D eigenvalue weighted by molar-refractivity contribution is 7.88. The lowest BCUT2D eigenvalue weighted by molar-refractivity contribution is -0.120. The van der Waals surface area contributed by atoms with E-state index in [0.29, 0.717) is 24.9 Å². The van der Waals surface area contributed by atoms with Gasteiger partial charge in [-0.15, -0.1) is 0 Å². The number of piperidine rings is 1. The largest absolute Gasteiger partial charge is 0.326 e. The van der Waals surface area contributed by atoms with E-state index in [1.807, 2.05) is 32.0 Å². The van der Waals surface area contributed by atoms with E-state index in [1.165, 1.54) is 28.6 Å². The Bertz CT molecular complexity index is 958. The summed E-state index contributed by atoms with van der Waals surface area (Å²) in [6.07, 6.45) is 1.28. The molecule has 1 amide bonds. The first-order valence-electron chi connectivity index (χ1n) is 9.35. The van der Waals surface area contributed by atoms with E-state index in [1.54, 1.807) is 0 Å². The van der Waals surface area contributed by atoms with Gasteiger partial charge >= 0.3 is 0 Å². The summed E-state index contributed by atoms with van der Waals surface area (Å²) in [5.74, 6) is -1.15. The smallest absolute Gasteiger partial charge is 0.228 e. The van der Waals surface area contributed by atoms with Crippen LogP contribution in [-0.4, -0.2) is 31.7 Å². The molecule has 150 valence electrons. The van der Waals surface area contributed by atoms with Gasteiger partial charge in [-0.3, -0.25) is 4.79 Å². The van der Waals surface area contributed by atoms with Crippen LogP contribution in [0.4, 0.5) is 10.1 Å². The first-order chi connectivity index (χ1) is 13.2. The molecule has 1 heterocycles. The Kier molecular flexibility index (Phi) is 6.15. The van der Waals surface area contributed by atoms with Gasteiger partial charge in [-0.2, -0.15) is 0 Å². The number of benzene rings is 2. The van der Waals surface area contributed by atoms with Crippen LogP contribution >= 0.6 is 0 Å². The Hall–Kier alpha value is -2.25. The summed E-state index contributed by atoms with van der Waals surface area (Å²) in [6.45, 7) is 4.55. The van der Waals surface area contributed by atoms with Crippen molar-refractivity contribution in [1.82, 2.24) is 4.31 Å². The van der Waals surface area contributed by atoms with Crippen LogP contribution in [0.3, 0.4) is 0 Å². The average molecular weight is 405 g/mol. The van der Waals surface area contributed by atoms with Gasteiger partial charge in [0.05, 0.1) is 11.7 Å². The number of anilines is 1. The molecule has 2 aromatic rings. The van der Waals surface area contributed by atoms with Crippen LogP contribution in [0, 0.1) is 25.6 Å². The second-order valence-corrected chi connectivity index (χ2v) is 9.34. The van der Waals surface area contributed by atoms with E-state index in [0.717, 1.165) is 16.8 Å². The summed E-state index contributed by atoms with van der Waals surface area (Å²) < 4.78 is 39.9. The number of hydrogen-bond acceptors (Lipinski definition) is 3. The minimum Gasteiger partial charge on any atom is -0.326 e. The molecular formula is C21H25FN2O3S. The molecule has 0 bridgehead atoms. The van der Waals surface area contributed by atoms with Crippen molar-refractivity contribution in [3.05, 3.63) is 65.0 Å². The molecule has 1 saturated heterocycles. The minimum atomic E-state index is -3.57. The predicted octanol–water partition coefficient (Wildman–Crippen LogP) is 3.62. The SMILES string of the molecule is Cc1ccc(NC(=O)C2CCCN(S(=O)(=O)Cc3ccc(F)cc3)C2)cc1C. The number of hydrogen-bond donors (Lipinski definition) is 1. The van der Waals surface area contributed by atoms with Crippen LogP contribution in [0.15, 0.2) is 42.5 Å². The molecule has 1 N–H and O–H groups in total. The Labute approximate surface area is 165 Å². The summed E-state index contributed by atoms with van der Waals surface area (Å²) in [7, 11) is -3.57. The maximum Gasteiger partial charge on any atom is 0.228 e. The lowest BCUT2D eigenvalue weighted by Gasteiger charge is -2.31. The number of nitrogens with zero attached hydrogens (tertiary/aromatic N) is 1. The van der Waals surface area contributed by atoms with E-state index >= 15 is 0 Å². The van der Waals surface area contributed by atoms with E-state index < -0.39 is 21.8 Å². The summed E-state index contributed by atoms with van der Waals surface area (Å²) in [6, 6.07) is 11.2. The number of sulfonamides is 1. The van der Waals surface area contributed by atoms with Gasteiger partial charge in [0.1, 0.15) is 5.82 Å². The molecule has 3 rings (SSSR count). The molecular weight excluding hydrogens is 379 g/mol. The molecule has 2 aromatic carbocycles. The summed E-state index contributed by atoms with van der Waals surface area (Å²) in [5.41, 5.74) is 3.49. The minimum absolute atomic E-state index is 0.162. The molecule has 0 saturated carbocycles. The molecule has 0 radical (unpaired) electrons. The topological polar surface area (TPSA) is 66.5 Å². The standard InChI is InChI=1S/C21H25FN2O3S/c1-15-5-10-20(12-16(15)2)23-21(25)18-4-3-11-24(13-18)28(26,27)14-17-6-8-19(22)9-7-17/h5-10,12,18H,3-4,11,13-14H2,1-2H3,(H,23,25). The van der Waals surface area contributed by atoms with E-state index in [-0.39, 0.29) is 18.2 Å². The second kappa shape index (κ2) is 8.41. The van der Waals surface area contributed by atoms with E-state index in [4.69, 9.17) is 0 Å². The monoisotopic (exact) mass is 404 g/mol. The normalized spacial score (nSPS) is 18.0. The highest BCUT2D eigenvalue weighted by Crippen LogP contribution is 2.23. The molecule has 0 aromatic heterocycles. The van der Waals surface area contributed by atoms with Crippen LogP contribution in [0.5, 0.6) is 0 Å². The van der Waals surface area contributed by atoms with Crippen molar-refractivity contribution in [2.24, 2.45) is 5.92 Å². The Morgan fingerprint density at radius 3 is 2.54 bits per heavy atom. The third kappa shape index (κ3) is 4.97. The number of amides is 1. The maximum atomic E-state index is 13.0. The van der Waals surface area contributed by atoms with Gasteiger partial charge < -0.3 is 5.32 Å². The number of nitrogens with one attached hydrogen (secondary N) is 1. The third-order valence-electron chi connectivity index (χ3n) is 5.19. The van der Waals surface area contributed by atoms with Gasteiger partial charge in [0.25, 0.3) is 0 Å². The predicted molar refractivity (Wildman–Crippen MR) is 108 cm³/mol. The fraction of sp³-hybridized carbons (Fsp3) is 0.381. The quantitative estimate of drug-likeness (QED) is 0.828. The lowest BCUT2D eigenvalue weighted by Crippen LogP contribution is -2.44. The fourth-order valence-electron chi connectivity index (χ4n) is 3.36. The van der Waals surface area contributed by atoms with Gasteiger partial charge in [0.2, 0.25) is 15.9 Å². The molecule has 1 aliphatic rings. The van der Waals surface area contributed by atoms with Gasteiger partial charge in [-0.05, 0) is 67.6 Å². The molecule has 1 atom stereocenters. The molecule has 0 spiro atoms. The number of halogens is 1. The van der Waals surface area contributed by atoms with Crippen molar-refractivity contribution in [1.29, 1.82) is 0 Å². The van der Waals surface area contributed by atoms with Crippen molar-refractivity contribution in [2.75, 3.05) is 18.4 Å². The number of carbonyl (C=O) groups excluding carboxylic acids is 1. The fourth-order valence-corrected chi connectivity index (χ4v) is 4.97. The Morgan fingerprint density at radius 2 is 1.86 bits per heavy atom. The Morgan fingerprint density at radius 1 is 1.14 bits per heavy atom. The summed E-state index contributed by atoms with van der Waals surface area (Å²) in [4.78, 5) is 12.7. The zero-order valence-electron chi connectivity index (χ0n) is 16.1. The second-order valence-electron chi connectivity index (χ2n) is 7.37. The first-order valence-corrected chi connectivity index (χ1v) is 11.0. The molecule has 7 heteroatoms. The van der Waals surface area contributed by atoms with Crippen molar-refractivity contribution in [2.45, 2.75) is 32.4 Å². The Balaban J connectivity index is 1.66. The van der Waals surface area contributed by atoms with Crippen LogP contribution < -0.4 is 5.32 Å². The van der Waals surface area contributed by atoms with Crippen molar-refractivity contribution >= 4 is 21.6 Å². The third-order valence-corrected chi connectivity index (χ3v) is 7.00. The first kappa shape index (κ1) is 20.5. The van der Waals surface area contributed by atoms with Crippen LogP contribution in [0.25, 0.3) is 0 Å². The molecule has 1 unspecified atom stereocenters. The maximum absolute atomic E-state index is 13.0. The summed E-state index contributed by atoms with van der Waals surface area (Å²) >= 11 is 0. The number of rotatable bonds is 5. The van der Waals surface area contributed by atoms with E-state index in [2.05, 4.69) is 5.32 Å². The van der Waals surface area contributed by atoms with Crippen LogP contribution in [0.1, 0.15) is 29.5 Å². The van der Waals surface area contributed by atoms with Crippen LogP contribution in [-0.2, 0) is 20.6 Å². The molecule has 0 aliphatic carbocycles. The van der Waals surface area contributed by atoms with Crippen LogP contribution in [0.2, 0.25) is 0 Å². The summed E-state index contributed by atoms with van der Waals surface area (Å²) in [5, 5.41) is 2.91. The molecule has 1 fully saturated rings. The van der Waals surface area contributed by atoms with Gasteiger partial charge in [-0.1, -0.05) is 18.2 Å². The highest BCUT2D eigenvalue weighted by Gasteiger charge is 2.32. The molecule has 5 nitrogen and oxygen atoms in total. The van der Waals surface area contributed by atoms with Crippen molar-refractivity contribution in [3.8, 4) is 0 Å². The number of aryl methyl sites for hydroxylation is 2. The van der Waals surface area contributed by atoms with E-state index in [9.17, 15) is 17.6 Å². The van der Waals surface area contributed by atoms with Crippen molar-refractivity contribution < 1.29 is 17.6 Å². The van der Waals surface area contributed by atoms with Gasteiger partial charge in [0.15, 0.2) is 0 Å². The number of carbonyl (C=O) groups is 1. The zero-order chi connectivity index (χ0) is 20.3. The van der Waals surface area contributed by atoms with Gasteiger partial charge in [0, 0.05) is 18.8 Å². The zero-order valence-corrected chi connectivity index (χ0v) is 16.9. The lowest BCUT2D eigenvalue weighted by atomic mass is 9.98. The van der Waals surface area contributed by atoms with Gasteiger partial charge in [-0.25, -0.2) is 17.1 Å². The highest BCUT2D eigenvalue weighted by atomic mass is 32.2. The molecule has 1 aliphatic heterocycles. The molecule has 28 heavy (non-hydrogen) atoms.